The molecule has 0 saturated heterocycles. The summed E-state index contributed by atoms with van der Waals surface area (Å²) in [5, 5.41) is 45.0. The first-order chi connectivity index (χ1) is 16.7. The van der Waals surface area contributed by atoms with Gasteiger partial charge in [-0.1, -0.05) is 53.7 Å². The molecule has 0 unspecified atom stereocenters. The Kier molecular flexibility index (Phi) is 7.78. The highest BCUT2D eigenvalue weighted by Crippen LogP contribution is 2.68. The summed E-state index contributed by atoms with van der Waals surface area (Å²) in [5.74, 6) is 0.157. The maximum Gasteiger partial charge on any atom is 0.302 e. The zero-order chi connectivity index (χ0) is 26.7. The van der Waals surface area contributed by atoms with Gasteiger partial charge in [-0.3, -0.25) is 4.79 Å². The number of carbonyl (C=O) groups excluding carboxylic acids is 1. The van der Waals surface area contributed by atoms with Crippen LogP contribution in [0.15, 0.2) is 12.2 Å². The molecule has 4 saturated carbocycles. The van der Waals surface area contributed by atoms with Gasteiger partial charge >= 0.3 is 5.97 Å². The van der Waals surface area contributed by atoms with Gasteiger partial charge in [0.15, 0.2) is 0 Å². The summed E-state index contributed by atoms with van der Waals surface area (Å²) in [6.07, 6.45) is 4.30. The van der Waals surface area contributed by atoms with Crippen LogP contribution < -0.4 is 0 Å². The maximum absolute atomic E-state index is 12.2. The quantitative estimate of drug-likeness (QED) is 0.332. The Morgan fingerprint density at radius 1 is 0.944 bits per heavy atom. The molecule has 6 heteroatoms. The lowest BCUT2D eigenvalue weighted by atomic mass is 9.42. The van der Waals surface area contributed by atoms with Crippen LogP contribution in [0.5, 0.6) is 0 Å². The molecule has 4 N–H and O–H groups in total. The summed E-state index contributed by atoms with van der Waals surface area (Å²) in [4.78, 5) is 12.2. The van der Waals surface area contributed by atoms with E-state index in [0.29, 0.717) is 37.5 Å². The third-order valence-electron chi connectivity index (χ3n) is 11.4. The molecule has 0 aromatic rings. The number of carbonyl (C=O) groups is 1. The number of hydrogen-bond acceptors (Lipinski definition) is 6. The molecule has 0 aromatic carbocycles. The Balaban J connectivity index is 1.72. The van der Waals surface area contributed by atoms with Crippen LogP contribution in [0.2, 0.25) is 0 Å². The summed E-state index contributed by atoms with van der Waals surface area (Å²) < 4.78 is 5.95. The van der Waals surface area contributed by atoms with Crippen LogP contribution in [0.3, 0.4) is 0 Å². The van der Waals surface area contributed by atoms with Crippen LogP contribution in [0.1, 0.15) is 80.6 Å². The number of fused-ring (bicyclic) bond motifs is 5. The number of rotatable bonds is 5. The molecular formula is C30H50O6. The van der Waals surface area contributed by atoms with E-state index < -0.39 is 24.4 Å². The van der Waals surface area contributed by atoms with E-state index in [1.54, 1.807) is 0 Å². The maximum atomic E-state index is 12.2. The van der Waals surface area contributed by atoms with Crippen molar-refractivity contribution >= 4 is 5.97 Å². The molecule has 0 aromatic heterocycles. The summed E-state index contributed by atoms with van der Waals surface area (Å²) in [6, 6.07) is 0. The third-order valence-corrected chi connectivity index (χ3v) is 11.4. The molecule has 0 amide bonds. The highest BCUT2D eigenvalue weighted by atomic mass is 16.5. The highest BCUT2D eigenvalue weighted by molar-refractivity contribution is 5.66. The molecular weight excluding hydrogens is 456 g/mol. The smallest absolute Gasteiger partial charge is 0.302 e. The Labute approximate surface area is 217 Å². The first-order valence-corrected chi connectivity index (χ1v) is 14.3. The third kappa shape index (κ3) is 4.48. The van der Waals surface area contributed by atoms with Crippen molar-refractivity contribution in [2.24, 2.45) is 58.2 Å². The molecule has 0 radical (unpaired) electrons. The average Bonchev–Trinajstić information content (AvgIpc) is 3.06. The van der Waals surface area contributed by atoms with E-state index in [9.17, 15) is 25.2 Å². The minimum Gasteiger partial charge on any atom is -0.462 e. The lowest BCUT2D eigenvalue weighted by Crippen LogP contribution is -2.67. The second-order valence-corrected chi connectivity index (χ2v) is 13.8. The largest absolute Gasteiger partial charge is 0.462 e. The van der Waals surface area contributed by atoms with Gasteiger partial charge in [0.2, 0.25) is 0 Å². The lowest BCUT2D eigenvalue weighted by molar-refractivity contribution is -0.249. The van der Waals surface area contributed by atoms with Gasteiger partial charge in [0.25, 0.3) is 0 Å². The molecule has 14 atom stereocenters. The molecule has 0 aliphatic heterocycles. The molecule has 4 aliphatic carbocycles. The first kappa shape index (κ1) is 28.1. The van der Waals surface area contributed by atoms with Gasteiger partial charge in [-0.05, 0) is 84.4 Å². The van der Waals surface area contributed by atoms with Gasteiger partial charge in [0.1, 0.15) is 6.10 Å². The van der Waals surface area contributed by atoms with E-state index >= 15 is 0 Å². The Morgan fingerprint density at radius 2 is 1.61 bits per heavy atom. The number of aliphatic hydroxyl groups is 4. The Hall–Kier alpha value is -0.950. The van der Waals surface area contributed by atoms with Crippen molar-refractivity contribution in [1.82, 2.24) is 0 Å². The summed E-state index contributed by atoms with van der Waals surface area (Å²) >= 11 is 0. The topological polar surface area (TPSA) is 107 Å². The fourth-order valence-corrected chi connectivity index (χ4v) is 9.35. The van der Waals surface area contributed by atoms with Crippen molar-refractivity contribution in [2.45, 2.75) is 111 Å². The summed E-state index contributed by atoms with van der Waals surface area (Å²) in [6.45, 7) is 14.6. The average molecular weight is 507 g/mol. The van der Waals surface area contributed by atoms with Gasteiger partial charge in [-0.2, -0.15) is 0 Å². The lowest BCUT2D eigenvalue weighted by Gasteiger charge is -2.64. The zero-order valence-electron chi connectivity index (χ0n) is 23.3. The number of allylic oxidation sites excluding steroid dienone is 2. The second kappa shape index (κ2) is 9.98. The standard InChI is InChI=1S/C30H50O6/c1-15(2)16(3)8-9-17(4)25-23(36-18(5)31)13-20-24-26(22(33)14-30(20,25)7)29(6)11-10-19(32)12-21(29)27(34)28(24)35/h8-9,15-17,19-28,32-35H,10-14H2,1-7H3/b9-8+/t16-,17+,19-,20-,21+,22-,23-,24-,25-,26-,27-,28+,29-,30-/m0/s1. The summed E-state index contributed by atoms with van der Waals surface area (Å²) in [5.41, 5.74) is -0.694. The zero-order valence-corrected chi connectivity index (χ0v) is 23.3. The van der Waals surface area contributed by atoms with E-state index in [2.05, 4.69) is 53.7 Å². The van der Waals surface area contributed by atoms with Gasteiger partial charge in [0.05, 0.1) is 24.4 Å². The van der Waals surface area contributed by atoms with Crippen LogP contribution in [0, 0.1) is 58.2 Å². The van der Waals surface area contributed by atoms with Crippen molar-refractivity contribution in [1.29, 1.82) is 0 Å². The molecule has 4 aliphatic rings. The van der Waals surface area contributed by atoms with Crippen molar-refractivity contribution in [3.05, 3.63) is 12.2 Å². The molecule has 36 heavy (non-hydrogen) atoms. The predicted molar refractivity (Wildman–Crippen MR) is 139 cm³/mol. The molecule has 0 bridgehead atoms. The monoisotopic (exact) mass is 506 g/mol. The van der Waals surface area contributed by atoms with Crippen molar-refractivity contribution in [3.63, 3.8) is 0 Å². The molecule has 4 rings (SSSR count). The number of hydrogen-bond donors (Lipinski definition) is 4. The fraction of sp³-hybridized carbons (Fsp3) is 0.900. The van der Waals surface area contributed by atoms with E-state index in [4.69, 9.17) is 4.74 Å². The molecule has 6 nitrogen and oxygen atoms in total. The number of ether oxygens (including phenoxy) is 1. The molecule has 0 spiro atoms. The normalized spacial score (nSPS) is 50.3. The molecule has 206 valence electrons. The number of aliphatic hydroxyl groups excluding tert-OH is 4. The van der Waals surface area contributed by atoms with Crippen LogP contribution in [-0.2, 0) is 9.53 Å². The fourth-order valence-electron chi connectivity index (χ4n) is 9.35. The molecule has 0 heterocycles. The van der Waals surface area contributed by atoms with E-state index in [0.717, 1.165) is 6.42 Å². The predicted octanol–water partition coefficient (Wildman–Crippen LogP) is 3.94. The Bertz CT molecular complexity index is 841. The minimum atomic E-state index is -0.971. The highest BCUT2D eigenvalue weighted by Gasteiger charge is 2.69. The Morgan fingerprint density at radius 3 is 2.22 bits per heavy atom. The van der Waals surface area contributed by atoms with Crippen LogP contribution in [-0.4, -0.2) is 56.9 Å². The SMILES string of the molecule is CC(=O)O[C@H]1C[C@H]2[C@@H]3[C@@H](O)[C@@H](O)[C@H]4C[C@@H](O)CC[C@]4(C)[C@H]3[C@@H](O)C[C@]2(C)[C@H]1[C@H](C)/C=C/[C@H](C)C(C)C. The number of esters is 1. The second-order valence-electron chi connectivity index (χ2n) is 13.8. The van der Waals surface area contributed by atoms with E-state index in [-0.39, 0.29) is 58.4 Å². The van der Waals surface area contributed by atoms with Crippen LogP contribution in [0.25, 0.3) is 0 Å². The minimum absolute atomic E-state index is 0.0145. The van der Waals surface area contributed by atoms with Crippen LogP contribution >= 0.6 is 0 Å². The van der Waals surface area contributed by atoms with Gasteiger partial charge in [0, 0.05) is 12.8 Å². The van der Waals surface area contributed by atoms with Gasteiger partial charge in [-0.25, -0.2) is 0 Å². The van der Waals surface area contributed by atoms with Crippen molar-refractivity contribution in [2.75, 3.05) is 0 Å². The first-order valence-electron chi connectivity index (χ1n) is 14.3. The van der Waals surface area contributed by atoms with Crippen LogP contribution in [0.4, 0.5) is 0 Å². The molecule has 4 fully saturated rings. The van der Waals surface area contributed by atoms with Crippen molar-refractivity contribution in [3.8, 4) is 0 Å². The van der Waals surface area contributed by atoms with Gasteiger partial charge in [-0.15, -0.1) is 0 Å². The summed E-state index contributed by atoms with van der Waals surface area (Å²) in [7, 11) is 0. The van der Waals surface area contributed by atoms with E-state index in [1.807, 2.05) is 0 Å². The van der Waals surface area contributed by atoms with E-state index in [1.165, 1.54) is 6.92 Å². The van der Waals surface area contributed by atoms with Gasteiger partial charge < -0.3 is 25.2 Å². The van der Waals surface area contributed by atoms with Crippen molar-refractivity contribution < 1.29 is 30.0 Å².